The van der Waals surface area contributed by atoms with Crippen LogP contribution < -0.4 is 11.1 Å². The number of hydrogen-bond donors (Lipinski definition) is 3. The second-order valence-corrected chi connectivity index (χ2v) is 9.32. The average Bonchev–Trinajstić information content (AvgIpc) is 3.69. The van der Waals surface area contributed by atoms with Crippen LogP contribution in [0.25, 0.3) is 22.1 Å². The van der Waals surface area contributed by atoms with Gasteiger partial charge in [-0.3, -0.25) is 25.0 Å². The number of benzene rings is 4. The maximum Gasteiger partial charge on any atom is 0.292 e. The van der Waals surface area contributed by atoms with E-state index in [1.165, 1.54) is 36.7 Å². The molecule has 0 unspecified atom stereocenters. The molecule has 2 aromatic heterocycles. The van der Waals surface area contributed by atoms with E-state index in [9.17, 15) is 25.0 Å². The van der Waals surface area contributed by atoms with Crippen LogP contribution >= 0.6 is 0 Å². The number of nitro benzene ring substituents is 2. The van der Waals surface area contributed by atoms with Crippen molar-refractivity contribution in [1.29, 1.82) is 0 Å². The lowest BCUT2D eigenvalue weighted by molar-refractivity contribution is -0.384. The highest BCUT2D eigenvalue weighted by atomic mass is 16.6. The predicted octanol–water partition coefficient (Wildman–Crippen LogP) is 10.6. The Morgan fingerprint density at radius 1 is 0.692 bits per heavy atom. The van der Waals surface area contributed by atoms with Crippen molar-refractivity contribution in [2.24, 2.45) is 7.05 Å². The summed E-state index contributed by atoms with van der Waals surface area (Å²) >= 11 is 0. The number of nitrogens with zero attached hydrogens (tertiary/aromatic N) is 5. The van der Waals surface area contributed by atoms with Gasteiger partial charge in [0.15, 0.2) is 0 Å². The number of amides is 1. The van der Waals surface area contributed by atoms with E-state index in [4.69, 9.17) is 5.73 Å². The lowest BCUT2D eigenvalue weighted by Gasteiger charge is -2.01. The standard InChI is InChI=1S/C9H10N2.C8H8N2O3.C8H8N2.C6H6N2O2.4C2H6/c1-7-10-8-5-3-4-6-9(8)11(7)2;1-6(11)9-7-4-2-3-5-8(7)10(12)13;1-6-9-7-4-2-3-5-8(7)10-6;7-5-3-1-2-4-6(5)8(9)10;4*1-2/h3-6H,1-2H3;2-5H,1H3,(H,9,11);2-5H,1H3,(H,9,10);1-4H,7H2;4*1-2H3. The first kappa shape index (κ1) is 48.0. The zero-order chi connectivity index (χ0) is 40.2. The third-order valence-electron chi connectivity index (χ3n) is 6.06. The number of fused-ring (bicyclic) bond motifs is 2. The van der Waals surface area contributed by atoms with E-state index in [2.05, 4.69) is 30.9 Å². The van der Waals surface area contributed by atoms with E-state index in [0.29, 0.717) is 0 Å². The molecule has 2 heterocycles. The van der Waals surface area contributed by atoms with Crippen LogP contribution in [0.15, 0.2) is 97.1 Å². The molecule has 6 aromatic rings. The number of anilines is 2. The highest BCUT2D eigenvalue weighted by Gasteiger charge is 2.12. The van der Waals surface area contributed by atoms with Crippen molar-refractivity contribution in [2.45, 2.75) is 76.2 Å². The van der Waals surface area contributed by atoms with Crippen molar-refractivity contribution < 1.29 is 14.6 Å². The molecule has 4 N–H and O–H groups in total. The molecule has 282 valence electrons. The van der Waals surface area contributed by atoms with Crippen LogP contribution in [0.3, 0.4) is 0 Å². The first-order valence-electron chi connectivity index (χ1n) is 17.3. The number of nitrogens with one attached hydrogen (secondary N) is 2. The molecule has 13 heteroatoms. The molecule has 0 saturated carbocycles. The summed E-state index contributed by atoms with van der Waals surface area (Å²) in [6.07, 6.45) is 0. The summed E-state index contributed by atoms with van der Waals surface area (Å²) in [5.74, 6) is 1.71. The summed E-state index contributed by atoms with van der Waals surface area (Å²) in [6.45, 7) is 21.3. The van der Waals surface area contributed by atoms with Gasteiger partial charge in [-0.25, -0.2) is 9.97 Å². The fourth-order valence-electron chi connectivity index (χ4n) is 3.93. The zero-order valence-corrected chi connectivity index (χ0v) is 32.6. The quantitative estimate of drug-likeness (QED) is 0.0916. The average molecular weight is 717 g/mol. The first-order chi connectivity index (χ1) is 25.0. The summed E-state index contributed by atoms with van der Waals surface area (Å²) in [6, 6.07) is 28.3. The van der Waals surface area contributed by atoms with Crippen molar-refractivity contribution in [2.75, 3.05) is 11.1 Å². The molecule has 0 spiro atoms. The lowest BCUT2D eigenvalue weighted by atomic mass is 10.2. The second-order valence-electron chi connectivity index (χ2n) is 9.32. The first-order valence-corrected chi connectivity index (χ1v) is 17.3. The maximum atomic E-state index is 10.7. The van der Waals surface area contributed by atoms with E-state index in [1.54, 1.807) is 24.3 Å². The van der Waals surface area contributed by atoms with Crippen molar-refractivity contribution in [3.63, 3.8) is 0 Å². The summed E-state index contributed by atoms with van der Waals surface area (Å²) < 4.78 is 2.09. The molecule has 1 amide bonds. The molecule has 0 bridgehead atoms. The highest BCUT2D eigenvalue weighted by molar-refractivity contribution is 5.91. The van der Waals surface area contributed by atoms with E-state index < -0.39 is 9.85 Å². The minimum Gasteiger partial charge on any atom is -0.393 e. The molecule has 13 nitrogen and oxygen atoms in total. The van der Waals surface area contributed by atoms with Crippen molar-refractivity contribution in [1.82, 2.24) is 19.5 Å². The molecule has 0 aliphatic heterocycles. The van der Waals surface area contributed by atoms with Gasteiger partial charge in [-0.15, -0.1) is 0 Å². The molecule has 0 fully saturated rings. The number of H-pyrrole nitrogens is 1. The summed E-state index contributed by atoms with van der Waals surface area (Å²) in [5, 5.41) is 23.0. The number of carbonyl (C=O) groups excluding carboxylic acids is 1. The number of aryl methyl sites for hydroxylation is 3. The summed E-state index contributed by atoms with van der Waals surface area (Å²) in [7, 11) is 2.03. The van der Waals surface area contributed by atoms with Gasteiger partial charge in [0.05, 0.1) is 31.9 Å². The second kappa shape index (κ2) is 27.7. The van der Waals surface area contributed by atoms with Gasteiger partial charge in [0, 0.05) is 26.1 Å². The van der Waals surface area contributed by atoms with Crippen LogP contribution in [0, 0.1) is 34.1 Å². The molecule has 0 saturated heterocycles. The number of imidazole rings is 2. The lowest BCUT2D eigenvalue weighted by Crippen LogP contribution is -2.07. The Morgan fingerprint density at radius 3 is 1.63 bits per heavy atom. The largest absolute Gasteiger partial charge is 0.393 e. The summed E-state index contributed by atoms with van der Waals surface area (Å²) in [5.41, 5.74) is 9.99. The number of nitro groups is 2. The number of aromatic amines is 1. The van der Waals surface area contributed by atoms with Crippen molar-refractivity contribution >= 4 is 50.7 Å². The Labute approximate surface area is 307 Å². The normalized spacial score (nSPS) is 8.85. The smallest absolute Gasteiger partial charge is 0.292 e. The molecule has 0 aliphatic rings. The number of carbonyl (C=O) groups is 1. The predicted molar refractivity (Wildman–Crippen MR) is 217 cm³/mol. The number of nitrogens with two attached hydrogens (primary N) is 1. The fraction of sp³-hybridized carbons (Fsp3) is 0.308. The number of hydrogen-bond acceptors (Lipinski definition) is 8. The maximum absolute atomic E-state index is 10.7. The molecule has 0 atom stereocenters. The van der Waals surface area contributed by atoms with Gasteiger partial charge in [-0.1, -0.05) is 104 Å². The van der Waals surface area contributed by atoms with Crippen molar-refractivity contribution in [3.8, 4) is 0 Å². The van der Waals surface area contributed by atoms with E-state index in [-0.39, 0.29) is 28.7 Å². The molecule has 6 rings (SSSR count). The molecule has 0 radical (unpaired) electrons. The minimum atomic E-state index is -0.536. The number of aromatic nitrogens is 4. The Hall–Kier alpha value is -6.11. The number of rotatable bonds is 3. The molecular weight excluding hydrogens is 660 g/mol. The monoisotopic (exact) mass is 716 g/mol. The highest BCUT2D eigenvalue weighted by Crippen LogP contribution is 2.23. The van der Waals surface area contributed by atoms with Gasteiger partial charge in [0.25, 0.3) is 11.4 Å². The van der Waals surface area contributed by atoms with E-state index in [0.717, 1.165) is 28.2 Å². The minimum absolute atomic E-state index is 0.0394. The van der Waals surface area contributed by atoms with Gasteiger partial charge in [-0.05, 0) is 50.2 Å². The van der Waals surface area contributed by atoms with Crippen LogP contribution in [0.5, 0.6) is 0 Å². The molecular formula is C39H56N8O5. The summed E-state index contributed by atoms with van der Waals surface area (Å²) in [4.78, 5) is 42.0. The van der Waals surface area contributed by atoms with E-state index in [1.807, 2.05) is 119 Å². The van der Waals surface area contributed by atoms with Crippen LogP contribution in [0.4, 0.5) is 22.7 Å². The van der Waals surface area contributed by atoms with Gasteiger partial charge in [0.1, 0.15) is 23.0 Å². The Kier molecular flexibility index (Phi) is 25.6. The van der Waals surface area contributed by atoms with Crippen LogP contribution in [0.1, 0.15) is 74.0 Å². The van der Waals surface area contributed by atoms with Crippen LogP contribution in [-0.4, -0.2) is 35.3 Å². The Morgan fingerprint density at radius 2 is 1.15 bits per heavy atom. The topological polar surface area (TPSA) is 188 Å². The van der Waals surface area contributed by atoms with Gasteiger partial charge >= 0.3 is 0 Å². The molecule has 0 aliphatic carbocycles. The van der Waals surface area contributed by atoms with Gasteiger partial charge in [0.2, 0.25) is 5.91 Å². The SMILES string of the molecule is CC.CC.CC.CC.CC(=O)Nc1ccccc1[N+](=O)[O-].Cc1nc2ccccc2[nH]1.Cc1nc2ccccc2n1C.Nc1ccccc1[N+](=O)[O-]. The third-order valence-corrected chi connectivity index (χ3v) is 6.06. The molecule has 4 aromatic carbocycles. The molecule has 52 heavy (non-hydrogen) atoms. The fourth-order valence-corrected chi connectivity index (χ4v) is 3.93. The van der Waals surface area contributed by atoms with Gasteiger partial charge < -0.3 is 20.6 Å². The Balaban J connectivity index is 0. The number of para-hydroxylation sites is 8. The zero-order valence-electron chi connectivity index (χ0n) is 32.6. The Bertz CT molecular complexity index is 1870. The van der Waals surface area contributed by atoms with Crippen LogP contribution in [-0.2, 0) is 11.8 Å². The van der Waals surface area contributed by atoms with E-state index >= 15 is 0 Å². The van der Waals surface area contributed by atoms with Crippen molar-refractivity contribution in [3.05, 3.63) is 129 Å². The number of nitrogen functional groups attached to an aromatic ring is 1. The van der Waals surface area contributed by atoms with Gasteiger partial charge in [-0.2, -0.15) is 0 Å². The van der Waals surface area contributed by atoms with Crippen LogP contribution in [0.2, 0.25) is 0 Å². The third kappa shape index (κ3) is 16.5.